The molecule has 3 aromatic rings. The monoisotopic (exact) mass is 286 g/mol. The fourth-order valence-corrected chi connectivity index (χ4v) is 2.31. The van der Waals surface area contributed by atoms with Crippen LogP contribution < -0.4 is 5.32 Å². The quantitative estimate of drug-likeness (QED) is 0.790. The van der Waals surface area contributed by atoms with E-state index in [1.807, 2.05) is 17.5 Å². The van der Waals surface area contributed by atoms with Crippen molar-refractivity contribution in [3.8, 4) is 11.3 Å². The van der Waals surface area contributed by atoms with Crippen LogP contribution in [0.4, 0.5) is 5.13 Å². The Morgan fingerprint density at radius 1 is 1.45 bits per heavy atom. The van der Waals surface area contributed by atoms with Crippen molar-refractivity contribution >= 4 is 22.4 Å². The highest BCUT2D eigenvalue weighted by Gasteiger charge is 2.12. The SMILES string of the molecule is Cn1cc(C(=O)Nc2nc(-c3cccnc3)cs2)nn1. The first-order valence-corrected chi connectivity index (χ1v) is 6.64. The molecule has 0 bridgehead atoms. The van der Waals surface area contributed by atoms with Crippen LogP contribution >= 0.6 is 11.3 Å². The topological polar surface area (TPSA) is 85.6 Å². The minimum absolute atomic E-state index is 0.255. The van der Waals surface area contributed by atoms with Crippen LogP contribution in [0.15, 0.2) is 36.1 Å². The number of aromatic nitrogens is 5. The molecule has 0 fully saturated rings. The average molecular weight is 286 g/mol. The first kappa shape index (κ1) is 12.4. The van der Waals surface area contributed by atoms with Gasteiger partial charge in [0.05, 0.1) is 11.9 Å². The zero-order chi connectivity index (χ0) is 13.9. The zero-order valence-electron chi connectivity index (χ0n) is 10.5. The van der Waals surface area contributed by atoms with Gasteiger partial charge in [0, 0.05) is 30.4 Å². The summed E-state index contributed by atoms with van der Waals surface area (Å²) < 4.78 is 1.47. The van der Waals surface area contributed by atoms with Crippen molar-refractivity contribution < 1.29 is 4.79 Å². The molecule has 0 saturated heterocycles. The number of anilines is 1. The molecule has 1 amide bonds. The molecule has 100 valence electrons. The highest BCUT2D eigenvalue weighted by Crippen LogP contribution is 2.24. The van der Waals surface area contributed by atoms with Gasteiger partial charge in [-0.2, -0.15) is 0 Å². The van der Waals surface area contributed by atoms with Gasteiger partial charge in [-0.05, 0) is 12.1 Å². The van der Waals surface area contributed by atoms with Crippen LogP contribution in [0.5, 0.6) is 0 Å². The summed E-state index contributed by atoms with van der Waals surface area (Å²) in [5.74, 6) is -0.329. The Morgan fingerprint density at radius 2 is 2.35 bits per heavy atom. The highest BCUT2D eigenvalue weighted by atomic mass is 32.1. The highest BCUT2D eigenvalue weighted by molar-refractivity contribution is 7.14. The van der Waals surface area contributed by atoms with E-state index in [1.54, 1.807) is 25.6 Å². The van der Waals surface area contributed by atoms with Crippen LogP contribution in [0.25, 0.3) is 11.3 Å². The van der Waals surface area contributed by atoms with Gasteiger partial charge in [-0.3, -0.25) is 19.8 Å². The zero-order valence-corrected chi connectivity index (χ0v) is 11.3. The number of rotatable bonds is 3. The molecule has 1 N–H and O–H groups in total. The summed E-state index contributed by atoms with van der Waals surface area (Å²) in [6, 6.07) is 3.75. The van der Waals surface area contributed by atoms with E-state index in [0.29, 0.717) is 5.13 Å². The van der Waals surface area contributed by atoms with Gasteiger partial charge in [0.2, 0.25) is 0 Å². The Labute approximate surface area is 118 Å². The molecule has 0 aliphatic heterocycles. The number of hydrogen-bond donors (Lipinski definition) is 1. The van der Waals surface area contributed by atoms with Crippen molar-refractivity contribution in [2.75, 3.05) is 5.32 Å². The summed E-state index contributed by atoms with van der Waals surface area (Å²) >= 11 is 1.35. The van der Waals surface area contributed by atoms with E-state index in [-0.39, 0.29) is 11.6 Å². The number of nitrogens with zero attached hydrogens (tertiary/aromatic N) is 5. The van der Waals surface area contributed by atoms with E-state index in [1.165, 1.54) is 16.0 Å². The third-order valence-corrected chi connectivity index (χ3v) is 3.27. The summed E-state index contributed by atoms with van der Waals surface area (Å²) in [6.07, 6.45) is 4.97. The lowest BCUT2D eigenvalue weighted by Crippen LogP contribution is -2.12. The van der Waals surface area contributed by atoms with Crippen molar-refractivity contribution in [2.24, 2.45) is 7.05 Å². The van der Waals surface area contributed by atoms with Gasteiger partial charge in [-0.25, -0.2) is 4.98 Å². The van der Waals surface area contributed by atoms with Crippen LogP contribution in [0.3, 0.4) is 0 Å². The second-order valence-electron chi connectivity index (χ2n) is 4.01. The number of carbonyl (C=O) groups excluding carboxylic acids is 1. The van der Waals surface area contributed by atoms with E-state index in [4.69, 9.17) is 0 Å². The normalized spacial score (nSPS) is 10.4. The van der Waals surface area contributed by atoms with Gasteiger partial charge >= 0.3 is 0 Å². The van der Waals surface area contributed by atoms with Gasteiger partial charge in [-0.1, -0.05) is 5.21 Å². The number of thiazole rings is 1. The van der Waals surface area contributed by atoms with E-state index in [2.05, 4.69) is 25.6 Å². The fourth-order valence-electron chi connectivity index (χ4n) is 1.59. The second-order valence-corrected chi connectivity index (χ2v) is 4.87. The van der Waals surface area contributed by atoms with Crippen molar-refractivity contribution in [2.45, 2.75) is 0 Å². The molecule has 0 radical (unpaired) electrons. The maximum Gasteiger partial charge on any atom is 0.279 e. The molecule has 20 heavy (non-hydrogen) atoms. The molecule has 0 atom stereocenters. The molecule has 3 rings (SSSR count). The maximum atomic E-state index is 11.9. The first-order chi connectivity index (χ1) is 9.72. The molecule has 3 heterocycles. The number of aryl methyl sites for hydroxylation is 1. The average Bonchev–Trinajstić information content (AvgIpc) is 3.09. The van der Waals surface area contributed by atoms with Gasteiger partial charge in [-0.15, -0.1) is 16.4 Å². The Bertz CT molecular complexity index is 735. The van der Waals surface area contributed by atoms with Gasteiger partial charge in [0.1, 0.15) is 0 Å². The molecule has 7 nitrogen and oxygen atoms in total. The third kappa shape index (κ3) is 2.54. The van der Waals surface area contributed by atoms with E-state index in [9.17, 15) is 4.79 Å². The first-order valence-electron chi connectivity index (χ1n) is 5.76. The molecule has 8 heteroatoms. The lowest BCUT2D eigenvalue weighted by molar-refractivity contribution is 0.102. The summed E-state index contributed by atoms with van der Waals surface area (Å²) in [5, 5.41) is 12.5. The number of amides is 1. The van der Waals surface area contributed by atoms with Crippen molar-refractivity contribution in [3.63, 3.8) is 0 Å². The molecule has 0 aliphatic carbocycles. The van der Waals surface area contributed by atoms with Gasteiger partial charge in [0.25, 0.3) is 5.91 Å². The summed E-state index contributed by atoms with van der Waals surface area (Å²) in [5.41, 5.74) is 1.94. The fraction of sp³-hybridized carbons (Fsp3) is 0.0833. The molecule has 3 aromatic heterocycles. The van der Waals surface area contributed by atoms with Gasteiger partial charge in [0.15, 0.2) is 10.8 Å². The number of hydrogen-bond acceptors (Lipinski definition) is 6. The number of pyridine rings is 1. The molecule has 0 aromatic carbocycles. The standard InChI is InChI=1S/C12H10N6OS/c1-18-6-9(16-17-18)11(19)15-12-14-10(7-20-12)8-3-2-4-13-5-8/h2-7H,1H3,(H,14,15,19). The molecule has 0 spiro atoms. The molecule has 0 aliphatic rings. The Morgan fingerprint density at radius 3 is 3.05 bits per heavy atom. The van der Waals surface area contributed by atoms with Crippen LogP contribution in [-0.4, -0.2) is 30.9 Å². The predicted molar refractivity (Wildman–Crippen MR) is 74.3 cm³/mol. The Balaban J connectivity index is 1.76. The van der Waals surface area contributed by atoms with Crippen LogP contribution in [-0.2, 0) is 7.05 Å². The van der Waals surface area contributed by atoms with Crippen LogP contribution in [0, 0.1) is 0 Å². The summed E-state index contributed by atoms with van der Waals surface area (Å²) in [7, 11) is 1.70. The molecule has 0 saturated carbocycles. The number of nitrogens with one attached hydrogen (secondary N) is 1. The van der Waals surface area contributed by atoms with Crippen molar-refractivity contribution in [1.29, 1.82) is 0 Å². The lowest BCUT2D eigenvalue weighted by atomic mass is 10.2. The summed E-state index contributed by atoms with van der Waals surface area (Å²) in [4.78, 5) is 20.3. The van der Waals surface area contributed by atoms with Crippen LogP contribution in [0.1, 0.15) is 10.5 Å². The minimum Gasteiger partial charge on any atom is -0.296 e. The lowest BCUT2D eigenvalue weighted by Gasteiger charge is -1.97. The minimum atomic E-state index is -0.329. The predicted octanol–water partition coefficient (Wildman–Crippen LogP) is 1.59. The third-order valence-electron chi connectivity index (χ3n) is 2.52. The van der Waals surface area contributed by atoms with Crippen molar-refractivity contribution in [1.82, 2.24) is 25.0 Å². The summed E-state index contributed by atoms with van der Waals surface area (Å²) in [6.45, 7) is 0. The largest absolute Gasteiger partial charge is 0.296 e. The molecular formula is C12H10N6OS. The van der Waals surface area contributed by atoms with E-state index < -0.39 is 0 Å². The van der Waals surface area contributed by atoms with Crippen LogP contribution in [0.2, 0.25) is 0 Å². The van der Waals surface area contributed by atoms with E-state index in [0.717, 1.165) is 11.3 Å². The van der Waals surface area contributed by atoms with E-state index >= 15 is 0 Å². The number of carbonyl (C=O) groups is 1. The second kappa shape index (κ2) is 5.17. The Hall–Kier alpha value is -2.61. The Kier molecular flexibility index (Phi) is 3.21. The molecular weight excluding hydrogens is 276 g/mol. The van der Waals surface area contributed by atoms with Gasteiger partial charge < -0.3 is 0 Å². The van der Waals surface area contributed by atoms with Crippen molar-refractivity contribution in [3.05, 3.63) is 41.8 Å². The maximum absolute atomic E-state index is 11.9. The molecule has 0 unspecified atom stereocenters. The smallest absolute Gasteiger partial charge is 0.279 e.